The number of benzene rings is 2. The van der Waals surface area contributed by atoms with Gasteiger partial charge in [0.05, 0.1) is 6.54 Å². The third kappa shape index (κ3) is 2.44. The van der Waals surface area contributed by atoms with Gasteiger partial charge in [0.2, 0.25) is 0 Å². The Morgan fingerprint density at radius 1 is 1.13 bits per heavy atom. The molecule has 2 aromatic rings. The molecule has 0 saturated carbocycles. The van der Waals surface area contributed by atoms with Crippen LogP contribution in [0.2, 0.25) is 0 Å². The maximum absolute atomic E-state index is 6.09. The Hall–Kier alpha value is -2.49. The molecule has 0 aliphatic carbocycles. The molecule has 3 N–H and O–H groups in total. The van der Waals surface area contributed by atoms with Crippen molar-refractivity contribution in [2.75, 3.05) is 17.6 Å². The number of fused-ring (bicyclic) bond motifs is 2. The molecule has 0 bridgehead atoms. The van der Waals surface area contributed by atoms with Crippen LogP contribution in [0.1, 0.15) is 27.8 Å². The molecule has 118 valence electrons. The van der Waals surface area contributed by atoms with Gasteiger partial charge in [0.1, 0.15) is 0 Å². The molecule has 0 fully saturated rings. The Balaban J connectivity index is 1.59. The van der Waals surface area contributed by atoms with E-state index in [9.17, 15) is 0 Å². The molecule has 2 aromatic carbocycles. The maximum Gasteiger partial charge on any atom is 0.199 e. The normalized spacial score (nSPS) is 16.3. The molecule has 2 heterocycles. The average Bonchev–Trinajstić information content (AvgIpc) is 2.55. The lowest BCUT2D eigenvalue weighted by atomic mass is 9.98. The molecule has 4 rings (SSSR count). The number of rotatable bonds is 0. The molecule has 0 atom stereocenters. The van der Waals surface area contributed by atoms with Crippen LogP contribution in [0.25, 0.3) is 0 Å². The largest absolute Gasteiger partial charge is 0.398 e. The van der Waals surface area contributed by atoms with E-state index in [1.54, 1.807) is 0 Å². The molecule has 0 amide bonds. The van der Waals surface area contributed by atoms with E-state index in [1.165, 1.54) is 33.5 Å². The monoisotopic (exact) mass is 306 g/mol. The topological polar surface area (TPSA) is 53.6 Å². The number of nitrogens with zero attached hydrogens (tertiary/aromatic N) is 2. The molecule has 0 aromatic heterocycles. The smallest absolute Gasteiger partial charge is 0.199 e. The van der Waals surface area contributed by atoms with Crippen LogP contribution in [0.4, 0.5) is 11.4 Å². The molecule has 4 nitrogen and oxygen atoms in total. The molecular formula is C19H22N4. The third-order valence-corrected chi connectivity index (χ3v) is 4.97. The molecule has 0 saturated heterocycles. The standard InChI is InChI=1S/C19H22N4/c1-12-8-15-10-21-19(22-18(15)9-13(12)2)23-7-6-16-14(11-23)4-3-5-17(16)20/h3-5,8-9H,6-7,10-11,20H2,1-2H3,(H,21,22). The number of aryl methyl sites for hydroxylation is 2. The summed E-state index contributed by atoms with van der Waals surface area (Å²) in [5.41, 5.74) is 14.7. The van der Waals surface area contributed by atoms with E-state index in [1.807, 2.05) is 12.1 Å². The van der Waals surface area contributed by atoms with E-state index in [2.05, 4.69) is 42.3 Å². The third-order valence-electron chi connectivity index (χ3n) is 4.97. The predicted octanol–water partition coefficient (Wildman–Crippen LogP) is 3.23. The first-order valence-electron chi connectivity index (χ1n) is 8.14. The fourth-order valence-electron chi connectivity index (χ4n) is 3.44. The van der Waals surface area contributed by atoms with Gasteiger partial charge in [-0.1, -0.05) is 18.2 Å². The lowest BCUT2D eigenvalue weighted by Crippen LogP contribution is -2.41. The van der Waals surface area contributed by atoms with Crippen LogP contribution in [-0.2, 0) is 19.5 Å². The van der Waals surface area contributed by atoms with Crippen molar-refractivity contribution in [2.45, 2.75) is 33.4 Å². The van der Waals surface area contributed by atoms with Crippen LogP contribution < -0.4 is 11.1 Å². The molecular weight excluding hydrogens is 284 g/mol. The quantitative estimate of drug-likeness (QED) is 0.735. The van der Waals surface area contributed by atoms with E-state index in [-0.39, 0.29) is 0 Å². The van der Waals surface area contributed by atoms with Crippen molar-refractivity contribution < 1.29 is 0 Å². The molecule has 0 unspecified atom stereocenters. The van der Waals surface area contributed by atoms with Gasteiger partial charge in [-0.3, -0.25) is 0 Å². The van der Waals surface area contributed by atoms with Crippen molar-refractivity contribution in [3.05, 3.63) is 58.1 Å². The Morgan fingerprint density at radius 3 is 2.83 bits per heavy atom. The first-order chi connectivity index (χ1) is 11.1. The van der Waals surface area contributed by atoms with Gasteiger partial charge in [-0.25, -0.2) is 4.99 Å². The summed E-state index contributed by atoms with van der Waals surface area (Å²) < 4.78 is 0. The Kier molecular flexibility index (Phi) is 3.26. The van der Waals surface area contributed by atoms with Crippen molar-refractivity contribution in [3.8, 4) is 0 Å². The fraction of sp³-hybridized carbons (Fsp3) is 0.316. The summed E-state index contributed by atoms with van der Waals surface area (Å²) in [6.45, 7) is 6.88. The predicted molar refractivity (Wildman–Crippen MR) is 95.6 cm³/mol. The molecule has 0 radical (unpaired) electrons. The zero-order chi connectivity index (χ0) is 16.0. The summed E-state index contributed by atoms with van der Waals surface area (Å²) in [5, 5.41) is 3.52. The number of guanidine groups is 1. The minimum Gasteiger partial charge on any atom is -0.398 e. The van der Waals surface area contributed by atoms with Gasteiger partial charge < -0.3 is 16.0 Å². The molecule has 4 heteroatoms. The highest BCUT2D eigenvalue weighted by atomic mass is 15.3. The van der Waals surface area contributed by atoms with Crippen molar-refractivity contribution in [2.24, 2.45) is 4.99 Å². The van der Waals surface area contributed by atoms with E-state index >= 15 is 0 Å². The van der Waals surface area contributed by atoms with Crippen LogP contribution in [0.5, 0.6) is 0 Å². The second-order valence-electron chi connectivity index (χ2n) is 6.51. The first-order valence-corrected chi connectivity index (χ1v) is 8.14. The zero-order valence-electron chi connectivity index (χ0n) is 13.7. The van der Waals surface area contributed by atoms with Crippen LogP contribution in [0.3, 0.4) is 0 Å². The molecule has 23 heavy (non-hydrogen) atoms. The van der Waals surface area contributed by atoms with E-state index in [4.69, 9.17) is 10.7 Å². The van der Waals surface area contributed by atoms with Crippen molar-refractivity contribution >= 4 is 17.3 Å². The molecule has 2 aliphatic rings. The summed E-state index contributed by atoms with van der Waals surface area (Å²) in [4.78, 5) is 7.08. The Bertz CT molecular complexity index is 807. The van der Waals surface area contributed by atoms with Gasteiger partial charge >= 0.3 is 0 Å². The second-order valence-corrected chi connectivity index (χ2v) is 6.51. The second kappa shape index (κ2) is 5.30. The SMILES string of the molecule is Cc1cc2c(cc1C)NC(N1CCc3c(N)cccc3C1)=NC2. The summed E-state index contributed by atoms with van der Waals surface area (Å²) in [5.74, 6) is 0.980. The van der Waals surface area contributed by atoms with Crippen LogP contribution in [-0.4, -0.2) is 17.4 Å². The Morgan fingerprint density at radius 2 is 1.96 bits per heavy atom. The molecule has 0 spiro atoms. The summed E-state index contributed by atoms with van der Waals surface area (Å²) in [6.07, 6.45) is 0.975. The number of nitrogen functional groups attached to an aromatic ring is 1. The van der Waals surface area contributed by atoms with Crippen LogP contribution >= 0.6 is 0 Å². The summed E-state index contributed by atoms with van der Waals surface area (Å²) in [7, 11) is 0. The minimum absolute atomic E-state index is 0.749. The fourth-order valence-corrected chi connectivity index (χ4v) is 3.44. The van der Waals surface area contributed by atoms with Crippen molar-refractivity contribution in [1.29, 1.82) is 0 Å². The van der Waals surface area contributed by atoms with E-state index in [0.717, 1.165) is 37.7 Å². The number of anilines is 2. The number of hydrogen-bond donors (Lipinski definition) is 2. The number of aliphatic imine (C=N–C) groups is 1. The van der Waals surface area contributed by atoms with Gasteiger partial charge in [-0.05, 0) is 60.2 Å². The van der Waals surface area contributed by atoms with Gasteiger partial charge in [0, 0.05) is 24.5 Å². The highest BCUT2D eigenvalue weighted by molar-refractivity contribution is 5.96. The lowest BCUT2D eigenvalue weighted by Gasteiger charge is -2.34. The highest BCUT2D eigenvalue weighted by Gasteiger charge is 2.23. The maximum atomic E-state index is 6.09. The Labute approximate surface area is 137 Å². The van der Waals surface area contributed by atoms with Gasteiger partial charge in [-0.15, -0.1) is 0 Å². The van der Waals surface area contributed by atoms with Gasteiger partial charge in [0.15, 0.2) is 5.96 Å². The van der Waals surface area contributed by atoms with Crippen LogP contribution in [0, 0.1) is 13.8 Å². The van der Waals surface area contributed by atoms with Crippen molar-refractivity contribution in [1.82, 2.24) is 4.90 Å². The number of nitrogens with one attached hydrogen (secondary N) is 1. The van der Waals surface area contributed by atoms with Gasteiger partial charge in [0.25, 0.3) is 0 Å². The van der Waals surface area contributed by atoms with E-state index < -0.39 is 0 Å². The van der Waals surface area contributed by atoms with Gasteiger partial charge in [-0.2, -0.15) is 0 Å². The average molecular weight is 306 g/mol. The number of hydrogen-bond acceptors (Lipinski definition) is 4. The summed E-state index contributed by atoms with van der Waals surface area (Å²) in [6, 6.07) is 10.7. The van der Waals surface area contributed by atoms with Crippen LogP contribution in [0.15, 0.2) is 35.3 Å². The zero-order valence-corrected chi connectivity index (χ0v) is 13.7. The lowest BCUT2D eigenvalue weighted by molar-refractivity contribution is 0.391. The van der Waals surface area contributed by atoms with E-state index in [0.29, 0.717) is 0 Å². The number of nitrogens with two attached hydrogens (primary N) is 1. The minimum atomic E-state index is 0.749. The molecule has 2 aliphatic heterocycles. The highest BCUT2D eigenvalue weighted by Crippen LogP contribution is 2.28. The van der Waals surface area contributed by atoms with Crippen molar-refractivity contribution in [3.63, 3.8) is 0 Å². The summed E-state index contributed by atoms with van der Waals surface area (Å²) >= 11 is 0. The first kappa shape index (κ1) is 14.1.